The number of ether oxygens (including phenoxy) is 1. The van der Waals surface area contributed by atoms with E-state index >= 15 is 0 Å². The fourth-order valence-electron chi connectivity index (χ4n) is 1.62. The van der Waals surface area contributed by atoms with E-state index in [-0.39, 0.29) is 5.91 Å². The summed E-state index contributed by atoms with van der Waals surface area (Å²) in [6, 6.07) is 5.35. The number of nitrogens with one attached hydrogen (secondary N) is 1. The van der Waals surface area contributed by atoms with Gasteiger partial charge in [0.15, 0.2) is 0 Å². The number of halogens is 1. The summed E-state index contributed by atoms with van der Waals surface area (Å²) in [5.41, 5.74) is 3.30. The molecule has 2 aromatic rings. The van der Waals surface area contributed by atoms with E-state index in [1.165, 1.54) is 0 Å². The van der Waals surface area contributed by atoms with Crippen LogP contribution in [0.3, 0.4) is 0 Å². The van der Waals surface area contributed by atoms with Gasteiger partial charge in [-0.1, -0.05) is 15.9 Å². The molecule has 0 unspecified atom stereocenters. The lowest BCUT2D eigenvalue weighted by atomic mass is 10.2. The van der Waals surface area contributed by atoms with Gasteiger partial charge in [-0.05, 0) is 18.2 Å². The highest BCUT2D eigenvalue weighted by Gasteiger charge is 2.12. The molecular weight excluding hydrogens is 328 g/mol. The Labute approximate surface area is 124 Å². The predicted molar refractivity (Wildman–Crippen MR) is 78.8 cm³/mol. The van der Waals surface area contributed by atoms with Crippen LogP contribution in [-0.4, -0.2) is 24.5 Å². The molecule has 0 radical (unpaired) electrons. The zero-order valence-corrected chi connectivity index (χ0v) is 12.8. The van der Waals surface area contributed by atoms with Crippen LogP contribution in [0.15, 0.2) is 33.6 Å². The van der Waals surface area contributed by atoms with Gasteiger partial charge in [0, 0.05) is 22.8 Å². The highest BCUT2D eigenvalue weighted by atomic mass is 79.9. The molecule has 1 N–H and O–H groups in total. The number of benzene rings is 1. The molecule has 0 saturated carbocycles. The quantitative estimate of drug-likeness (QED) is 0.910. The van der Waals surface area contributed by atoms with Crippen LogP contribution in [0.4, 0.5) is 0 Å². The average molecular weight is 341 g/mol. The smallest absolute Gasteiger partial charge is 0.255 e. The number of methoxy groups -OCH3 is 1. The standard InChI is InChI=1S/C13H13BrN2O2S/c1-18-12-3-2-9(14)6-11(12)13(17)15-5-4-10-7-19-8-16-10/h2-3,6-8H,4-5H2,1H3,(H,15,17). The molecule has 1 aromatic heterocycles. The Balaban J connectivity index is 1.97. The molecule has 4 nitrogen and oxygen atoms in total. The number of carbonyl (C=O) groups is 1. The van der Waals surface area contributed by atoms with Crippen LogP contribution in [0.5, 0.6) is 5.75 Å². The van der Waals surface area contributed by atoms with E-state index in [0.717, 1.165) is 16.6 Å². The zero-order valence-electron chi connectivity index (χ0n) is 10.4. The summed E-state index contributed by atoms with van der Waals surface area (Å²) in [5.74, 6) is 0.419. The van der Waals surface area contributed by atoms with Crippen LogP contribution < -0.4 is 10.1 Å². The molecule has 0 aliphatic carbocycles. The Morgan fingerprint density at radius 1 is 1.53 bits per heavy atom. The lowest BCUT2D eigenvalue weighted by Crippen LogP contribution is -2.26. The molecule has 2 rings (SSSR count). The number of aromatic nitrogens is 1. The summed E-state index contributed by atoms with van der Waals surface area (Å²) < 4.78 is 6.03. The van der Waals surface area contributed by atoms with Crippen LogP contribution in [0, 0.1) is 0 Å². The van der Waals surface area contributed by atoms with E-state index in [4.69, 9.17) is 4.74 Å². The van der Waals surface area contributed by atoms with Gasteiger partial charge in [0.25, 0.3) is 5.91 Å². The molecule has 0 fully saturated rings. The molecule has 1 aromatic carbocycles. The molecule has 0 bridgehead atoms. The number of rotatable bonds is 5. The first-order chi connectivity index (χ1) is 9.20. The number of carbonyl (C=O) groups excluding carboxylic acids is 1. The fourth-order valence-corrected chi connectivity index (χ4v) is 2.57. The highest BCUT2D eigenvalue weighted by molar-refractivity contribution is 9.10. The van der Waals surface area contributed by atoms with Crippen molar-refractivity contribution in [2.45, 2.75) is 6.42 Å². The Morgan fingerprint density at radius 3 is 3.05 bits per heavy atom. The van der Waals surface area contributed by atoms with Crippen molar-refractivity contribution in [1.29, 1.82) is 0 Å². The number of hydrogen-bond donors (Lipinski definition) is 1. The van der Waals surface area contributed by atoms with E-state index in [1.807, 2.05) is 11.4 Å². The second kappa shape index (κ2) is 6.68. The molecule has 0 spiro atoms. The maximum atomic E-state index is 12.1. The fraction of sp³-hybridized carbons (Fsp3) is 0.231. The first-order valence-corrected chi connectivity index (χ1v) is 7.43. The molecule has 0 aliphatic rings. The van der Waals surface area contributed by atoms with Gasteiger partial charge in [0.1, 0.15) is 5.75 Å². The molecule has 100 valence electrons. The Kier molecular flexibility index (Phi) is 4.93. The van der Waals surface area contributed by atoms with Crippen molar-refractivity contribution < 1.29 is 9.53 Å². The molecule has 0 aliphatic heterocycles. The van der Waals surface area contributed by atoms with Crippen molar-refractivity contribution >= 4 is 33.2 Å². The van der Waals surface area contributed by atoms with E-state index in [9.17, 15) is 4.79 Å². The van der Waals surface area contributed by atoms with Crippen LogP contribution in [-0.2, 0) is 6.42 Å². The maximum Gasteiger partial charge on any atom is 0.255 e. The largest absolute Gasteiger partial charge is 0.496 e. The van der Waals surface area contributed by atoms with Crippen molar-refractivity contribution in [1.82, 2.24) is 10.3 Å². The molecular formula is C13H13BrN2O2S. The summed E-state index contributed by atoms with van der Waals surface area (Å²) >= 11 is 4.90. The lowest BCUT2D eigenvalue weighted by molar-refractivity contribution is 0.0951. The van der Waals surface area contributed by atoms with E-state index < -0.39 is 0 Å². The zero-order chi connectivity index (χ0) is 13.7. The number of nitrogens with zero attached hydrogens (tertiary/aromatic N) is 1. The summed E-state index contributed by atoms with van der Waals surface area (Å²) in [6.45, 7) is 0.554. The number of hydrogen-bond acceptors (Lipinski definition) is 4. The third-order valence-corrected chi connectivity index (χ3v) is 3.68. The lowest BCUT2D eigenvalue weighted by Gasteiger charge is -2.09. The van der Waals surface area contributed by atoms with Gasteiger partial charge in [-0.25, -0.2) is 4.98 Å². The normalized spacial score (nSPS) is 10.2. The number of thiazole rings is 1. The van der Waals surface area contributed by atoms with Crippen LogP contribution >= 0.6 is 27.3 Å². The average Bonchev–Trinajstić information content (AvgIpc) is 2.91. The van der Waals surface area contributed by atoms with Crippen molar-refractivity contribution in [2.24, 2.45) is 0 Å². The highest BCUT2D eigenvalue weighted by Crippen LogP contribution is 2.22. The second-order valence-corrected chi connectivity index (χ2v) is 5.46. The van der Waals surface area contributed by atoms with Gasteiger partial charge < -0.3 is 10.1 Å². The van der Waals surface area contributed by atoms with Crippen molar-refractivity contribution in [2.75, 3.05) is 13.7 Å². The van der Waals surface area contributed by atoms with E-state index in [1.54, 1.807) is 36.1 Å². The van der Waals surface area contributed by atoms with Crippen LogP contribution in [0.25, 0.3) is 0 Å². The van der Waals surface area contributed by atoms with Crippen molar-refractivity contribution in [3.63, 3.8) is 0 Å². The van der Waals surface area contributed by atoms with Crippen molar-refractivity contribution in [3.05, 3.63) is 44.8 Å². The Hall–Kier alpha value is -1.40. The number of amides is 1. The monoisotopic (exact) mass is 340 g/mol. The van der Waals surface area contributed by atoms with E-state index in [2.05, 4.69) is 26.2 Å². The topological polar surface area (TPSA) is 51.2 Å². The van der Waals surface area contributed by atoms with Crippen LogP contribution in [0.2, 0.25) is 0 Å². The molecule has 19 heavy (non-hydrogen) atoms. The van der Waals surface area contributed by atoms with Gasteiger partial charge in [-0.15, -0.1) is 11.3 Å². The van der Waals surface area contributed by atoms with Gasteiger partial charge in [-0.3, -0.25) is 4.79 Å². The van der Waals surface area contributed by atoms with Gasteiger partial charge in [0.05, 0.1) is 23.9 Å². The first-order valence-electron chi connectivity index (χ1n) is 5.69. The first kappa shape index (κ1) is 14.0. The summed E-state index contributed by atoms with van der Waals surface area (Å²) in [7, 11) is 1.55. The van der Waals surface area contributed by atoms with Gasteiger partial charge in [0.2, 0.25) is 0 Å². The Bertz CT molecular complexity index is 558. The maximum absolute atomic E-state index is 12.1. The Morgan fingerprint density at radius 2 is 2.37 bits per heavy atom. The minimum Gasteiger partial charge on any atom is -0.496 e. The van der Waals surface area contributed by atoms with Crippen LogP contribution in [0.1, 0.15) is 16.1 Å². The van der Waals surface area contributed by atoms with Gasteiger partial charge >= 0.3 is 0 Å². The molecule has 6 heteroatoms. The molecule has 0 atom stereocenters. The summed E-state index contributed by atoms with van der Waals surface area (Å²) in [4.78, 5) is 16.2. The summed E-state index contributed by atoms with van der Waals surface area (Å²) in [5, 5.41) is 4.84. The van der Waals surface area contributed by atoms with Gasteiger partial charge in [-0.2, -0.15) is 0 Å². The minimum absolute atomic E-state index is 0.145. The second-order valence-electron chi connectivity index (χ2n) is 3.83. The minimum atomic E-state index is -0.145. The third-order valence-electron chi connectivity index (χ3n) is 2.56. The molecule has 1 heterocycles. The van der Waals surface area contributed by atoms with E-state index in [0.29, 0.717) is 17.9 Å². The van der Waals surface area contributed by atoms with Crippen molar-refractivity contribution in [3.8, 4) is 5.75 Å². The summed E-state index contributed by atoms with van der Waals surface area (Å²) in [6.07, 6.45) is 0.728. The molecule has 0 saturated heterocycles. The molecule has 1 amide bonds. The SMILES string of the molecule is COc1ccc(Br)cc1C(=O)NCCc1cscn1. The predicted octanol–water partition coefficient (Wildman–Crippen LogP) is 2.89. The third kappa shape index (κ3) is 3.78.